The second kappa shape index (κ2) is 6.33. The fourth-order valence-corrected chi connectivity index (χ4v) is 3.45. The molecule has 1 heterocycles. The van der Waals surface area contributed by atoms with E-state index in [-0.39, 0.29) is 11.5 Å². The molecule has 0 radical (unpaired) electrons. The Hall–Kier alpha value is -0.450. The summed E-state index contributed by atoms with van der Waals surface area (Å²) in [5.74, 6) is 1.82. The topological polar surface area (TPSA) is 27.7 Å². The van der Waals surface area contributed by atoms with Gasteiger partial charge in [0.25, 0.3) is 0 Å². The van der Waals surface area contributed by atoms with Crippen molar-refractivity contribution < 1.29 is 14.2 Å². The smallest absolute Gasteiger partial charge is 0.133 e. The van der Waals surface area contributed by atoms with Gasteiger partial charge in [-0.15, -0.1) is 11.6 Å². The van der Waals surface area contributed by atoms with E-state index in [9.17, 15) is 0 Å². The minimum Gasteiger partial charge on any atom is -0.496 e. The minimum atomic E-state index is -0.144. The van der Waals surface area contributed by atoms with Crippen LogP contribution in [0.25, 0.3) is 0 Å². The van der Waals surface area contributed by atoms with Crippen LogP contribution in [0, 0.1) is 5.92 Å². The van der Waals surface area contributed by atoms with E-state index in [1.807, 2.05) is 12.1 Å². The van der Waals surface area contributed by atoms with Crippen LogP contribution in [0.2, 0.25) is 0 Å². The number of rotatable bonds is 4. The van der Waals surface area contributed by atoms with Gasteiger partial charge in [-0.1, -0.05) is 0 Å². The molecule has 1 aromatic rings. The van der Waals surface area contributed by atoms with Crippen molar-refractivity contribution in [2.75, 3.05) is 20.8 Å². The number of halogens is 2. The quantitative estimate of drug-likeness (QED) is 0.764. The van der Waals surface area contributed by atoms with Crippen LogP contribution in [0.1, 0.15) is 24.3 Å². The standard InChI is InChI=1S/C14H18BrClO3/c1-8-9(4-5-19-8)14(16)10-6-13(18-3)11(15)7-12(10)17-2/h6-9,14H,4-5H2,1-3H3. The number of hydrogen-bond donors (Lipinski definition) is 0. The summed E-state index contributed by atoms with van der Waals surface area (Å²) >= 11 is 10.1. The number of methoxy groups -OCH3 is 2. The van der Waals surface area contributed by atoms with Gasteiger partial charge in [0, 0.05) is 18.1 Å². The second-order valence-electron chi connectivity index (χ2n) is 4.66. The first-order valence-corrected chi connectivity index (χ1v) is 7.48. The third-order valence-electron chi connectivity index (χ3n) is 3.61. The third-order valence-corrected chi connectivity index (χ3v) is 4.79. The number of ether oxygens (including phenoxy) is 3. The van der Waals surface area contributed by atoms with Crippen LogP contribution in [0.15, 0.2) is 16.6 Å². The fourth-order valence-electron chi connectivity index (χ4n) is 2.46. The molecule has 1 aliphatic heterocycles. The summed E-state index contributed by atoms with van der Waals surface area (Å²) in [6, 6.07) is 3.83. The van der Waals surface area contributed by atoms with Gasteiger partial charge in [-0.3, -0.25) is 0 Å². The summed E-state index contributed by atoms with van der Waals surface area (Å²) in [6.07, 6.45) is 1.14. The molecule has 0 saturated carbocycles. The molecule has 0 aromatic heterocycles. The molecule has 0 amide bonds. The molecular weight excluding hydrogens is 332 g/mol. The van der Waals surface area contributed by atoms with E-state index in [4.69, 9.17) is 25.8 Å². The molecule has 2 rings (SSSR count). The zero-order valence-corrected chi connectivity index (χ0v) is 13.6. The van der Waals surface area contributed by atoms with Crippen molar-refractivity contribution in [2.45, 2.75) is 24.8 Å². The largest absolute Gasteiger partial charge is 0.496 e. The molecule has 1 fully saturated rings. The van der Waals surface area contributed by atoms with Crippen LogP contribution >= 0.6 is 27.5 Å². The number of benzene rings is 1. The molecule has 0 aliphatic carbocycles. The predicted molar refractivity (Wildman–Crippen MR) is 79.4 cm³/mol. The highest BCUT2D eigenvalue weighted by atomic mass is 79.9. The molecule has 3 nitrogen and oxygen atoms in total. The maximum atomic E-state index is 6.64. The molecule has 0 bridgehead atoms. The Bertz CT molecular complexity index is 453. The van der Waals surface area contributed by atoms with E-state index < -0.39 is 0 Å². The Morgan fingerprint density at radius 2 is 2.00 bits per heavy atom. The van der Waals surface area contributed by atoms with E-state index >= 15 is 0 Å². The molecule has 1 saturated heterocycles. The first-order chi connectivity index (χ1) is 9.08. The zero-order chi connectivity index (χ0) is 14.0. The van der Waals surface area contributed by atoms with Gasteiger partial charge in [0.05, 0.1) is 30.2 Å². The number of hydrogen-bond acceptors (Lipinski definition) is 3. The molecule has 0 N–H and O–H groups in total. The van der Waals surface area contributed by atoms with Crippen molar-refractivity contribution in [3.05, 3.63) is 22.2 Å². The summed E-state index contributed by atoms with van der Waals surface area (Å²) in [7, 11) is 3.29. The Labute approximate surface area is 127 Å². The molecule has 19 heavy (non-hydrogen) atoms. The summed E-state index contributed by atoms with van der Waals surface area (Å²) < 4.78 is 17.2. The summed E-state index contributed by atoms with van der Waals surface area (Å²) in [5, 5.41) is -0.144. The van der Waals surface area contributed by atoms with Gasteiger partial charge in [-0.25, -0.2) is 0 Å². The SMILES string of the molecule is COc1cc(C(Cl)C2CCOC2C)c(OC)cc1Br. The predicted octanol–water partition coefficient (Wildman–Crippen LogP) is 4.17. The average molecular weight is 350 g/mol. The second-order valence-corrected chi connectivity index (χ2v) is 5.98. The number of alkyl halides is 1. The van der Waals surface area contributed by atoms with Crippen molar-refractivity contribution in [2.24, 2.45) is 5.92 Å². The van der Waals surface area contributed by atoms with Gasteiger partial charge in [0.1, 0.15) is 11.5 Å². The lowest BCUT2D eigenvalue weighted by Gasteiger charge is -2.23. The molecule has 1 aromatic carbocycles. The van der Waals surface area contributed by atoms with E-state index in [2.05, 4.69) is 22.9 Å². The van der Waals surface area contributed by atoms with Crippen LogP contribution in [-0.2, 0) is 4.74 Å². The van der Waals surface area contributed by atoms with Gasteiger partial charge in [-0.05, 0) is 41.4 Å². The van der Waals surface area contributed by atoms with E-state index in [1.54, 1.807) is 14.2 Å². The minimum absolute atomic E-state index is 0.144. The lowest BCUT2D eigenvalue weighted by atomic mass is 9.92. The summed E-state index contributed by atoms with van der Waals surface area (Å²) in [4.78, 5) is 0. The lowest BCUT2D eigenvalue weighted by molar-refractivity contribution is 0.104. The monoisotopic (exact) mass is 348 g/mol. The van der Waals surface area contributed by atoms with Gasteiger partial charge in [-0.2, -0.15) is 0 Å². The van der Waals surface area contributed by atoms with Crippen molar-refractivity contribution >= 4 is 27.5 Å². The maximum Gasteiger partial charge on any atom is 0.133 e. The normalized spacial score (nSPS) is 24.3. The van der Waals surface area contributed by atoms with Crippen LogP contribution in [0.4, 0.5) is 0 Å². The molecule has 1 aliphatic rings. The Morgan fingerprint density at radius 3 is 2.53 bits per heavy atom. The molecule has 3 unspecified atom stereocenters. The Morgan fingerprint density at radius 1 is 1.32 bits per heavy atom. The molecule has 3 atom stereocenters. The summed E-state index contributed by atoms with van der Waals surface area (Å²) in [6.45, 7) is 2.83. The van der Waals surface area contributed by atoms with Crippen LogP contribution in [0.5, 0.6) is 11.5 Å². The van der Waals surface area contributed by atoms with Crippen LogP contribution < -0.4 is 9.47 Å². The van der Waals surface area contributed by atoms with Crippen LogP contribution in [0.3, 0.4) is 0 Å². The molecular formula is C14H18BrClO3. The van der Waals surface area contributed by atoms with Crippen molar-refractivity contribution in [3.63, 3.8) is 0 Å². The van der Waals surface area contributed by atoms with Gasteiger partial charge in [0.15, 0.2) is 0 Å². The van der Waals surface area contributed by atoms with Crippen molar-refractivity contribution in [3.8, 4) is 11.5 Å². The Kier molecular flexibility index (Phi) is 4.98. The third kappa shape index (κ3) is 3.01. The molecule has 0 spiro atoms. The van der Waals surface area contributed by atoms with Crippen LogP contribution in [-0.4, -0.2) is 26.9 Å². The molecule has 5 heteroatoms. The van der Waals surface area contributed by atoms with E-state index in [0.717, 1.165) is 34.6 Å². The fraction of sp³-hybridized carbons (Fsp3) is 0.571. The van der Waals surface area contributed by atoms with E-state index in [1.165, 1.54) is 0 Å². The van der Waals surface area contributed by atoms with E-state index in [0.29, 0.717) is 5.92 Å². The first-order valence-electron chi connectivity index (χ1n) is 6.25. The van der Waals surface area contributed by atoms with Gasteiger partial charge in [0.2, 0.25) is 0 Å². The van der Waals surface area contributed by atoms with Crippen molar-refractivity contribution in [1.82, 2.24) is 0 Å². The van der Waals surface area contributed by atoms with Crippen molar-refractivity contribution in [1.29, 1.82) is 0 Å². The average Bonchev–Trinajstić information content (AvgIpc) is 2.83. The highest BCUT2D eigenvalue weighted by Crippen LogP contribution is 2.44. The van der Waals surface area contributed by atoms with Gasteiger partial charge >= 0.3 is 0 Å². The highest BCUT2D eigenvalue weighted by Gasteiger charge is 2.33. The maximum absolute atomic E-state index is 6.64. The lowest BCUT2D eigenvalue weighted by Crippen LogP contribution is -2.17. The highest BCUT2D eigenvalue weighted by molar-refractivity contribution is 9.10. The molecule has 106 valence electrons. The zero-order valence-electron chi connectivity index (χ0n) is 11.3. The van der Waals surface area contributed by atoms with Gasteiger partial charge < -0.3 is 14.2 Å². The first kappa shape index (κ1) is 14.9. The Balaban J connectivity index is 2.36. The summed E-state index contributed by atoms with van der Waals surface area (Å²) in [5.41, 5.74) is 0.951.